The van der Waals surface area contributed by atoms with Crippen LogP contribution in [0.3, 0.4) is 0 Å². The molecule has 1 N–H and O–H groups in total. The van der Waals surface area contributed by atoms with E-state index in [1.54, 1.807) is 0 Å². The van der Waals surface area contributed by atoms with Crippen LogP contribution < -0.4 is 5.32 Å². The SMILES string of the molecule is CCCNCc1ccoc1CN1CCN(C(C)(C)C)CC1. The number of nitrogens with zero attached hydrogens (tertiary/aromatic N) is 2. The van der Waals surface area contributed by atoms with Gasteiger partial charge in [-0.1, -0.05) is 6.92 Å². The second-order valence-corrected chi connectivity index (χ2v) is 6.98. The Balaban J connectivity index is 1.82. The second kappa shape index (κ2) is 7.43. The molecule has 1 aromatic rings. The van der Waals surface area contributed by atoms with Crippen LogP contribution in [0.4, 0.5) is 0 Å². The lowest BCUT2D eigenvalue weighted by molar-refractivity contribution is 0.0561. The molecule has 0 amide bonds. The Morgan fingerprint density at radius 2 is 1.90 bits per heavy atom. The summed E-state index contributed by atoms with van der Waals surface area (Å²) in [6, 6.07) is 2.10. The highest BCUT2D eigenvalue weighted by molar-refractivity contribution is 5.17. The molecule has 2 rings (SSSR count). The molecule has 1 saturated heterocycles. The Morgan fingerprint density at radius 1 is 1.19 bits per heavy atom. The summed E-state index contributed by atoms with van der Waals surface area (Å²) >= 11 is 0. The van der Waals surface area contributed by atoms with Crippen molar-refractivity contribution < 1.29 is 4.42 Å². The maximum absolute atomic E-state index is 5.70. The highest BCUT2D eigenvalue weighted by Crippen LogP contribution is 2.18. The van der Waals surface area contributed by atoms with Crippen molar-refractivity contribution >= 4 is 0 Å². The number of furan rings is 1. The molecular formula is C17H31N3O. The standard InChI is InChI=1S/C17H31N3O/c1-5-7-18-13-15-6-12-21-16(15)14-19-8-10-20(11-9-19)17(2,3)4/h6,12,18H,5,7-11,13-14H2,1-4H3. The van der Waals surface area contributed by atoms with Crippen molar-refractivity contribution in [2.24, 2.45) is 0 Å². The molecule has 2 heterocycles. The summed E-state index contributed by atoms with van der Waals surface area (Å²) in [7, 11) is 0. The molecule has 4 heteroatoms. The highest BCUT2D eigenvalue weighted by atomic mass is 16.3. The molecule has 1 aliphatic rings. The van der Waals surface area contributed by atoms with E-state index in [2.05, 4.69) is 48.9 Å². The van der Waals surface area contributed by atoms with E-state index in [0.717, 1.165) is 51.6 Å². The summed E-state index contributed by atoms with van der Waals surface area (Å²) in [6.45, 7) is 16.6. The normalized spacial score (nSPS) is 18.3. The summed E-state index contributed by atoms with van der Waals surface area (Å²) < 4.78 is 5.70. The molecule has 1 aliphatic heterocycles. The van der Waals surface area contributed by atoms with Crippen LogP contribution in [0.15, 0.2) is 16.7 Å². The Kier molecular flexibility index (Phi) is 5.85. The minimum Gasteiger partial charge on any atom is -0.468 e. The smallest absolute Gasteiger partial charge is 0.122 e. The summed E-state index contributed by atoms with van der Waals surface area (Å²) in [4.78, 5) is 5.07. The number of nitrogens with one attached hydrogen (secondary N) is 1. The van der Waals surface area contributed by atoms with Crippen LogP contribution in [0.1, 0.15) is 45.4 Å². The van der Waals surface area contributed by atoms with E-state index in [1.165, 1.54) is 12.0 Å². The zero-order chi connectivity index (χ0) is 15.3. The summed E-state index contributed by atoms with van der Waals surface area (Å²) in [5.74, 6) is 1.13. The number of rotatable bonds is 6. The van der Waals surface area contributed by atoms with Gasteiger partial charge in [-0.05, 0) is 39.8 Å². The van der Waals surface area contributed by atoms with E-state index in [9.17, 15) is 0 Å². The van der Waals surface area contributed by atoms with Gasteiger partial charge < -0.3 is 9.73 Å². The van der Waals surface area contributed by atoms with Gasteiger partial charge in [-0.25, -0.2) is 0 Å². The summed E-state index contributed by atoms with van der Waals surface area (Å²) in [6.07, 6.45) is 2.99. The fourth-order valence-electron chi connectivity index (χ4n) is 2.84. The summed E-state index contributed by atoms with van der Waals surface area (Å²) in [5, 5.41) is 3.46. The molecule has 0 unspecified atom stereocenters. The molecule has 21 heavy (non-hydrogen) atoms. The zero-order valence-electron chi connectivity index (χ0n) is 14.1. The van der Waals surface area contributed by atoms with Crippen molar-refractivity contribution in [3.8, 4) is 0 Å². The highest BCUT2D eigenvalue weighted by Gasteiger charge is 2.26. The van der Waals surface area contributed by atoms with Gasteiger partial charge >= 0.3 is 0 Å². The molecule has 4 nitrogen and oxygen atoms in total. The largest absolute Gasteiger partial charge is 0.468 e. The first-order chi connectivity index (χ1) is 10.0. The van der Waals surface area contributed by atoms with Gasteiger partial charge in [0.1, 0.15) is 5.76 Å². The Labute approximate surface area is 129 Å². The van der Waals surface area contributed by atoms with E-state index >= 15 is 0 Å². The van der Waals surface area contributed by atoms with Crippen molar-refractivity contribution in [3.05, 3.63) is 23.7 Å². The molecule has 1 aromatic heterocycles. The van der Waals surface area contributed by atoms with E-state index in [0.29, 0.717) is 0 Å². The van der Waals surface area contributed by atoms with Crippen molar-refractivity contribution in [1.29, 1.82) is 0 Å². The van der Waals surface area contributed by atoms with Crippen LogP contribution >= 0.6 is 0 Å². The van der Waals surface area contributed by atoms with Gasteiger partial charge in [-0.3, -0.25) is 9.80 Å². The van der Waals surface area contributed by atoms with Crippen LogP contribution in [-0.4, -0.2) is 48.1 Å². The lowest BCUT2D eigenvalue weighted by Crippen LogP contribution is -2.53. The zero-order valence-corrected chi connectivity index (χ0v) is 14.1. The van der Waals surface area contributed by atoms with Crippen LogP contribution in [-0.2, 0) is 13.1 Å². The van der Waals surface area contributed by atoms with Crippen LogP contribution in [0.5, 0.6) is 0 Å². The average molecular weight is 293 g/mol. The molecule has 0 bridgehead atoms. The van der Waals surface area contributed by atoms with Crippen molar-refractivity contribution in [2.75, 3.05) is 32.7 Å². The molecule has 0 radical (unpaired) electrons. The molecule has 0 atom stereocenters. The van der Waals surface area contributed by atoms with Crippen molar-refractivity contribution in [2.45, 2.75) is 52.7 Å². The minimum atomic E-state index is 0.284. The third-order valence-electron chi connectivity index (χ3n) is 4.27. The molecule has 0 aromatic carbocycles. The maximum atomic E-state index is 5.70. The predicted octanol–water partition coefficient (Wildman–Crippen LogP) is 2.70. The Bertz CT molecular complexity index is 414. The van der Waals surface area contributed by atoms with Crippen molar-refractivity contribution in [1.82, 2.24) is 15.1 Å². The third-order valence-corrected chi connectivity index (χ3v) is 4.27. The van der Waals surface area contributed by atoms with Gasteiger partial charge in [0.05, 0.1) is 12.8 Å². The number of hydrogen-bond donors (Lipinski definition) is 1. The monoisotopic (exact) mass is 293 g/mol. The first-order valence-corrected chi connectivity index (χ1v) is 8.24. The van der Waals surface area contributed by atoms with Gasteiger partial charge in [-0.15, -0.1) is 0 Å². The first-order valence-electron chi connectivity index (χ1n) is 8.24. The molecule has 1 fully saturated rings. The maximum Gasteiger partial charge on any atom is 0.122 e. The predicted molar refractivity (Wildman–Crippen MR) is 87.3 cm³/mol. The lowest BCUT2D eigenvalue weighted by atomic mass is 10.0. The van der Waals surface area contributed by atoms with Gasteiger partial charge in [0.15, 0.2) is 0 Å². The Morgan fingerprint density at radius 3 is 2.52 bits per heavy atom. The van der Waals surface area contributed by atoms with Gasteiger partial charge in [0.25, 0.3) is 0 Å². The molecular weight excluding hydrogens is 262 g/mol. The summed E-state index contributed by atoms with van der Waals surface area (Å²) in [5.41, 5.74) is 1.59. The third kappa shape index (κ3) is 4.83. The average Bonchev–Trinajstić information content (AvgIpc) is 2.86. The Hall–Kier alpha value is -0.840. The van der Waals surface area contributed by atoms with E-state index < -0.39 is 0 Å². The van der Waals surface area contributed by atoms with E-state index in [4.69, 9.17) is 4.42 Å². The van der Waals surface area contributed by atoms with Crippen molar-refractivity contribution in [3.63, 3.8) is 0 Å². The van der Waals surface area contributed by atoms with Gasteiger partial charge in [0.2, 0.25) is 0 Å². The quantitative estimate of drug-likeness (QED) is 0.817. The first kappa shape index (κ1) is 16.5. The fraction of sp³-hybridized carbons (Fsp3) is 0.765. The topological polar surface area (TPSA) is 31.7 Å². The van der Waals surface area contributed by atoms with Crippen LogP contribution in [0.2, 0.25) is 0 Å². The van der Waals surface area contributed by atoms with Gasteiger partial charge in [-0.2, -0.15) is 0 Å². The minimum absolute atomic E-state index is 0.284. The second-order valence-electron chi connectivity index (χ2n) is 6.98. The van der Waals surface area contributed by atoms with Crippen LogP contribution in [0.25, 0.3) is 0 Å². The lowest BCUT2D eigenvalue weighted by Gasteiger charge is -2.42. The number of hydrogen-bond acceptors (Lipinski definition) is 4. The molecule has 0 spiro atoms. The molecule has 0 aliphatic carbocycles. The molecule has 0 saturated carbocycles. The molecule has 120 valence electrons. The fourth-order valence-corrected chi connectivity index (χ4v) is 2.84. The van der Waals surface area contributed by atoms with Gasteiger partial charge in [0, 0.05) is 43.8 Å². The van der Waals surface area contributed by atoms with E-state index in [-0.39, 0.29) is 5.54 Å². The van der Waals surface area contributed by atoms with Crippen LogP contribution in [0, 0.1) is 0 Å². The van der Waals surface area contributed by atoms with E-state index in [1.807, 2.05) is 6.26 Å². The number of piperazine rings is 1.